The number of aliphatic carboxylic acids is 1. The van der Waals surface area contributed by atoms with Crippen molar-refractivity contribution >= 4 is 12.0 Å². The molecule has 1 saturated carbocycles. The Labute approximate surface area is 113 Å². The van der Waals surface area contributed by atoms with Gasteiger partial charge in [0.2, 0.25) is 0 Å². The van der Waals surface area contributed by atoms with Crippen molar-refractivity contribution in [1.29, 1.82) is 0 Å². The highest BCUT2D eigenvalue weighted by Gasteiger charge is 2.39. The Kier molecular flexibility index (Phi) is 4.29. The van der Waals surface area contributed by atoms with Crippen molar-refractivity contribution in [3.8, 4) is 0 Å². The molecule has 0 bridgehead atoms. The number of carbonyl (C=O) groups is 2. The molecule has 2 rings (SSSR count). The summed E-state index contributed by atoms with van der Waals surface area (Å²) in [5.41, 5.74) is 0. The largest absolute Gasteiger partial charge is 0.480 e. The van der Waals surface area contributed by atoms with Gasteiger partial charge in [0.1, 0.15) is 6.04 Å². The first-order chi connectivity index (χ1) is 9.02. The van der Waals surface area contributed by atoms with Crippen molar-refractivity contribution in [3.63, 3.8) is 0 Å². The zero-order valence-electron chi connectivity index (χ0n) is 11.5. The molecule has 0 aromatic heterocycles. The molecular formula is C13H22N2O4. The van der Waals surface area contributed by atoms with Crippen LogP contribution in [0.4, 0.5) is 4.79 Å². The van der Waals surface area contributed by atoms with E-state index in [1.807, 2.05) is 0 Å². The second-order valence-electron chi connectivity index (χ2n) is 5.59. The van der Waals surface area contributed by atoms with Crippen molar-refractivity contribution in [1.82, 2.24) is 10.2 Å². The Morgan fingerprint density at radius 2 is 2.05 bits per heavy atom. The van der Waals surface area contributed by atoms with Crippen LogP contribution in [0.1, 0.15) is 26.2 Å². The Bertz CT molecular complexity index is 357. The summed E-state index contributed by atoms with van der Waals surface area (Å²) < 4.78 is 5.36. The molecule has 1 saturated heterocycles. The van der Waals surface area contributed by atoms with Gasteiger partial charge in [0.25, 0.3) is 0 Å². The normalized spacial score (nSPS) is 28.8. The second-order valence-corrected chi connectivity index (χ2v) is 5.59. The van der Waals surface area contributed by atoms with E-state index in [4.69, 9.17) is 9.84 Å². The maximum absolute atomic E-state index is 12.1. The molecule has 0 radical (unpaired) electrons. The Balaban J connectivity index is 1.90. The summed E-state index contributed by atoms with van der Waals surface area (Å²) >= 11 is 0. The van der Waals surface area contributed by atoms with Gasteiger partial charge in [-0.25, -0.2) is 9.59 Å². The summed E-state index contributed by atoms with van der Waals surface area (Å²) in [6, 6.07) is -1.03. The fourth-order valence-electron chi connectivity index (χ4n) is 2.56. The number of carbonyl (C=O) groups excluding carboxylic acids is 1. The van der Waals surface area contributed by atoms with Gasteiger partial charge in [-0.1, -0.05) is 6.92 Å². The number of hydrogen-bond acceptors (Lipinski definition) is 3. The van der Waals surface area contributed by atoms with Crippen molar-refractivity contribution in [2.75, 3.05) is 20.2 Å². The van der Waals surface area contributed by atoms with E-state index in [2.05, 4.69) is 12.2 Å². The standard InChI is InChI=1S/C13H22N2O4/c1-8-5-6-15(7-10(8)19-2)13(18)14-11(12(16)17)9-3-4-9/h8-11H,3-7H2,1-2H3,(H,14,18)(H,16,17). The van der Waals surface area contributed by atoms with Gasteiger partial charge < -0.3 is 20.1 Å². The topological polar surface area (TPSA) is 78.9 Å². The molecular weight excluding hydrogens is 248 g/mol. The van der Waals surface area contributed by atoms with Gasteiger partial charge >= 0.3 is 12.0 Å². The molecule has 2 N–H and O–H groups in total. The van der Waals surface area contributed by atoms with Crippen LogP contribution in [0.3, 0.4) is 0 Å². The van der Waals surface area contributed by atoms with E-state index in [0.29, 0.717) is 19.0 Å². The number of urea groups is 1. The predicted molar refractivity (Wildman–Crippen MR) is 68.8 cm³/mol. The van der Waals surface area contributed by atoms with Gasteiger partial charge in [-0.2, -0.15) is 0 Å². The molecule has 2 aliphatic rings. The fourth-order valence-corrected chi connectivity index (χ4v) is 2.56. The molecule has 1 aliphatic carbocycles. The predicted octanol–water partition coefficient (Wildman–Crippen LogP) is 0.916. The lowest BCUT2D eigenvalue weighted by molar-refractivity contribution is -0.139. The number of rotatable bonds is 4. The van der Waals surface area contributed by atoms with E-state index < -0.39 is 12.0 Å². The van der Waals surface area contributed by atoms with E-state index in [1.54, 1.807) is 12.0 Å². The molecule has 0 spiro atoms. The van der Waals surface area contributed by atoms with Gasteiger partial charge in [0.05, 0.1) is 6.10 Å². The quantitative estimate of drug-likeness (QED) is 0.796. The number of hydrogen-bond donors (Lipinski definition) is 2. The lowest BCUT2D eigenvalue weighted by Crippen LogP contribution is -2.54. The number of carboxylic acid groups (broad SMARTS) is 1. The Morgan fingerprint density at radius 3 is 2.58 bits per heavy atom. The second kappa shape index (κ2) is 5.77. The molecule has 1 heterocycles. The summed E-state index contributed by atoms with van der Waals surface area (Å²) in [4.78, 5) is 24.9. The number of likely N-dealkylation sites (tertiary alicyclic amines) is 1. The summed E-state index contributed by atoms with van der Waals surface area (Å²) in [7, 11) is 1.65. The molecule has 0 aromatic rings. The number of nitrogens with zero attached hydrogens (tertiary/aromatic N) is 1. The summed E-state index contributed by atoms with van der Waals surface area (Å²) in [6.07, 6.45) is 2.68. The fraction of sp³-hybridized carbons (Fsp3) is 0.846. The molecule has 3 atom stereocenters. The third-order valence-electron chi connectivity index (χ3n) is 4.12. The summed E-state index contributed by atoms with van der Waals surface area (Å²) in [6.45, 7) is 3.29. The van der Waals surface area contributed by atoms with Crippen LogP contribution in [-0.2, 0) is 9.53 Å². The number of ether oxygens (including phenoxy) is 1. The number of carboxylic acids is 1. The van der Waals surface area contributed by atoms with Crippen LogP contribution in [0, 0.1) is 11.8 Å². The lowest BCUT2D eigenvalue weighted by Gasteiger charge is -2.36. The first-order valence-corrected chi connectivity index (χ1v) is 6.84. The van der Waals surface area contributed by atoms with E-state index in [0.717, 1.165) is 19.3 Å². The molecule has 2 fully saturated rings. The molecule has 108 valence electrons. The minimum absolute atomic E-state index is 0.0312. The number of nitrogens with one attached hydrogen (secondary N) is 1. The molecule has 1 aliphatic heterocycles. The third kappa shape index (κ3) is 3.37. The van der Waals surface area contributed by atoms with Gasteiger partial charge in [0.15, 0.2) is 0 Å². The van der Waals surface area contributed by atoms with Crippen LogP contribution < -0.4 is 5.32 Å². The van der Waals surface area contributed by atoms with Crippen molar-refractivity contribution in [2.24, 2.45) is 11.8 Å². The van der Waals surface area contributed by atoms with Gasteiger partial charge in [-0.15, -0.1) is 0 Å². The highest BCUT2D eigenvalue weighted by atomic mass is 16.5. The molecule has 0 aromatic carbocycles. The number of amides is 2. The van der Waals surface area contributed by atoms with E-state index >= 15 is 0 Å². The lowest BCUT2D eigenvalue weighted by atomic mass is 9.96. The molecule has 6 nitrogen and oxygen atoms in total. The average molecular weight is 270 g/mol. The van der Waals surface area contributed by atoms with Crippen LogP contribution in [0.25, 0.3) is 0 Å². The van der Waals surface area contributed by atoms with E-state index in [9.17, 15) is 9.59 Å². The van der Waals surface area contributed by atoms with Crippen LogP contribution in [-0.4, -0.2) is 54.4 Å². The highest BCUT2D eigenvalue weighted by Crippen LogP contribution is 2.33. The summed E-state index contributed by atoms with van der Waals surface area (Å²) in [5.74, 6) is -0.416. The van der Waals surface area contributed by atoms with Crippen LogP contribution in [0.5, 0.6) is 0 Å². The zero-order chi connectivity index (χ0) is 14.0. The first-order valence-electron chi connectivity index (χ1n) is 6.84. The Hall–Kier alpha value is -1.30. The van der Waals surface area contributed by atoms with Crippen LogP contribution in [0.2, 0.25) is 0 Å². The molecule has 19 heavy (non-hydrogen) atoms. The van der Waals surface area contributed by atoms with Gasteiger partial charge in [-0.05, 0) is 31.1 Å². The van der Waals surface area contributed by atoms with E-state index in [1.165, 1.54) is 0 Å². The molecule has 2 amide bonds. The number of methoxy groups -OCH3 is 1. The number of piperidine rings is 1. The van der Waals surface area contributed by atoms with Gasteiger partial charge in [0, 0.05) is 20.2 Å². The molecule has 6 heteroatoms. The monoisotopic (exact) mass is 270 g/mol. The average Bonchev–Trinajstić information content (AvgIpc) is 3.20. The highest BCUT2D eigenvalue weighted by molar-refractivity contribution is 5.83. The van der Waals surface area contributed by atoms with Crippen molar-refractivity contribution in [3.05, 3.63) is 0 Å². The SMILES string of the molecule is COC1CN(C(=O)NC(C(=O)O)C2CC2)CCC1C. The van der Waals surface area contributed by atoms with Crippen molar-refractivity contribution < 1.29 is 19.4 Å². The van der Waals surface area contributed by atoms with Crippen LogP contribution >= 0.6 is 0 Å². The minimum Gasteiger partial charge on any atom is -0.480 e. The van der Waals surface area contributed by atoms with Gasteiger partial charge in [-0.3, -0.25) is 0 Å². The summed E-state index contributed by atoms with van der Waals surface area (Å²) in [5, 5.41) is 11.8. The first kappa shape index (κ1) is 14.1. The van der Waals surface area contributed by atoms with Crippen LogP contribution in [0.15, 0.2) is 0 Å². The van der Waals surface area contributed by atoms with E-state index in [-0.39, 0.29) is 18.1 Å². The Morgan fingerprint density at radius 1 is 1.37 bits per heavy atom. The maximum atomic E-state index is 12.1. The smallest absolute Gasteiger partial charge is 0.326 e. The minimum atomic E-state index is -0.940. The van der Waals surface area contributed by atoms with Crippen molar-refractivity contribution in [2.45, 2.75) is 38.3 Å². The maximum Gasteiger partial charge on any atom is 0.326 e. The zero-order valence-corrected chi connectivity index (χ0v) is 11.5. The molecule has 3 unspecified atom stereocenters. The third-order valence-corrected chi connectivity index (χ3v) is 4.12.